The molecule has 30 heavy (non-hydrogen) atoms. The van der Waals surface area contributed by atoms with Crippen LogP contribution in [0.5, 0.6) is 5.75 Å². The van der Waals surface area contributed by atoms with E-state index in [9.17, 15) is 9.59 Å². The van der Waals surface area contributed by atoms with Gasteiger partial charge in [0.2, 0.25) is 0 Å². The van der Waals surface area contributed by atoms with Crippen molar-refractivity contribution in [1.82, 2.24) is 4.57 Å². The summed E-state index contributed by atoms with van der Waals surface area (Å²) in [4.78, 5) is 30.4. The van der Waals surface area contributed by atoms with Gasteiger partial charge in [-0.1, -0.05) is 24.3 Å². The van der Waals surface area contributed by atoms with Crippen LogP contribution in [0.3, 0.4) is 0 Å². The fraction of sp³-hybridized carbons (Fsp3) is 0.136. The van der Waals surface area contributed by atoms with Crippen LogP contribution in [-0.2, 0) is 9.53 Å². The number of benzene rings is 2. The first-order chi connectivity index (χ1) is 14.5. The fourth-order valence-corrected chi connectivity index (χ4v) is 4.30. The van der Waals surface area contributed by atoms with E-state index in [1.807, 2.05) is 24.3 Å². The summed E-state index contributed by atoms with van der Waals surface area (Å²) < 4.78 is 12.7. The molecule has 2 heterocycles. The number of ether oxygens (including phenoxy) is 2. The third-order valence-electron chi connectivity index (χ3n) is 4.55. The SMILES string of the molecule is CCOC(=O)C1=c2sc(=Cc3ccc(OC)cc3)c(=O)n2-c2ccccc2N=C1N. The predicted octanol–water partition coefficient (Wildman–Crippen LogP) is 1.45. The van der Waals surface area contributed by atoms with Gasteiger partial charge in [-0.25, -0.2) is 9.79 Å². The summed E-state index contributed by atoms with van der Waals surface area (Å²) in [6, 6.07) is 14.5. The van der Waals surface area contributed by atoms with E-state index in [-0.39, 0.29) is 23.6 Å². The van der Waals surface area contributed by atoms with Crippen LogP contribution in [0.15, 0.2) is 58.3 Å². The van der Waals surface area contributed by atoms with E-state index in [1.165, 1.54) is 15.9 Å². The molecule has 2 N–H and O–H groups in total. The van der Waals surface area contributed by atoms with E-state index in [2.05, 4.69) is 4.99 Å². The number of nitrogens with two attached hydrogens (primary N) is 1. The average Bonchev–Trinajstić information content (AvgIpc) is 2.97. The maximum atomic E-state index is 13.3. The highest BCUT2D eigenvalue weighted by atomic mass is 32.1. The van der Waals surface area contributed by atoms with E-state index in [1.54, 1.807) is 44.4 Å². The van der Waals surface area contributed by atoms with E-state index in [4.69, 9.17) is 15.2 Å². The molecule has 3 aromatic rings. The lowest BCUT2D eigenvalue weighted by Crippen LogP contribution is -2.33. The molecule has 2 aromatic carbocycles. The molecule has 1 aliphatic rings. The molecule has 4 rings (SSSR count). The van der Waals surface area contributed by atoms with Crippen molar-refractivity contribution in [2.75, 3.05) is 13.7 Å². The zero-order valence-electron chi connectivity index (χ0n) is 16.4. The van der Waals surface area contributed by atoms with Crippen molar-refractivity contribution in [3.63, 3.8) is 0 Å². The standard InChI is InChI=1S/C22H19N3O4S/c1-3-29-22(27)18-19(23)24-15-6-4-5-7-16(15)25-20(26)17(30-21(18)25)12-13-8-10-14(28-2)11-9-13/h4-12H,3H2,1-2H3,(H2,23,24). The lowest BCUT2D eigenvalue weighted by atomic mass is 10.2. The van der Waals surface area contributed by atoms with Crippen LogP contribution in [0, 0.1) is 0 Å². The molecule has 8 heteroatoms. The summed E-state index contributed by atoms with van der Waals surface area (Å²) in [5.74, 6) is 0.128. The molecular weight excluding hydrogens is 402 g/mol. The number of hydrogen-bond acceptors (Lipinski definition) is 7. The summed E-state index contributed by atoms with van der Waals surface area (Å²) in [6.07, 6.45) is 1.77. The molecule has 0 bridgehead atoms. The van der Waals surface area contributed by atoms with E-state index in [0.29, 0.717) is 20.6 Å². The number of esters is 1. The van der Waals surface area contributed by atoms with Gasteiger partial charge in [-0.05, 0) is 42.8 Å². The highest BCUT2D eigenvalue weighted by molar-refractivity contribution is 7.08. The first-order valence-electron chi connectivity index (χ1n) is 9.26. The molecule has 0 spiro atoms. The van der Waals surface area contributed by atoms with Crippen LogP contribution in [0.2, 0.25) is 0 Å². The molecule has 0 radical (unpaired) electrons. The highest BCUT2D eigenvalue weighted by Gasteiger charge is 2.25. The van der Waals surface area contributed by atoms with Crippen LogP contribution in [0.1, 0.15) is 12.5 Å². The monoisotopic (exact) mass is 421 g/mol. The number of para-hydroxylation sites is 2. The Kier molecular flexibility index (Phi) is 5.24. The number of carbonyl (C=O) groups is 1. The topological polar surface area (TPSA) is 95.9 Å². The maximum absolute atomic E-state index is 13.3. The van der Waals surface area contributed by atoms with Gasteiger partial charge in [0.15, 0.2) is 0 Å². The zero-order chi connectivity index (χ0) is 21.3. The molecule has 0 unspecified atom stereocenters. The second-order valence-corrected chi connectivity index (χ2v) is 7.44. The average molecular weight is 421 g/mol. The number of thiazole rings is 1. The summed E-state index contributed by atoms with van der Waals surface area (Å²) in [5.41, 5.74) is 7.89. The third kappa shape index (κ3) is 3.42. The Morgan fingerprint density at radius 1 is 1.20 bits per heavy atom. The van der Waals surface area contributed by atoms with Crippen molar-refractivity contribution >= 4 is 40.5 Å². The molecule has 0 saturated heterocycles. The molecule has 0 atom stereocenters. The summed E-state index contributed by atoms with van der Waals surface area (Å²) in [5, 5.41) is 0. The van der Waals surface area contributed by atoms with E-state index in [0.717, 1.165) is 11.3 Å². The Morgan fingerprint density at radius 3 is 2.63 bits per heavy atom. The van der Waals surface area contributed by atoms with Gasteiger partial charge >= 0.3 is 5.97 Å². The minimum atomic E-state index is -0.613. The van der Waals surface area contributed by atoms with Crippen LogP contribution in [-0.4, -0.2) is 30.1 Å². The van der Waals surface area contributed by atoms with Gasteiger partial charge in [0.1, 0.15) is 21.8 Å². The number of nitrogens with zero attached hydrogens (tertiary/aromatic N) is 2. The van der Waals surface area contributed by atoms with Crippen molar-refractivity contribution in [2.24, 2.45) is 10.7 Å². The Morgan fingerprint density at radius 2 is 1.93 bits per heavy atom. The normalized spacial score (nSPS) is 13.2. The molecule has 0 aliphatic carbocycles. The van der Waals surface area contributed by atoms with E-state index < -0.39 is 5.97 Å². The van der Waals surface area contributed by atoms with Crippen molar-refractivity contribution in [3.8, 4) is 11.4 Å². The summed E-state index contributed by atoms with van der Waals surface area (Å²) in [7, 11) is 1.59. The molecule has 1 aliphatic heterocycles. The lowest BCUT2D eigenvalue weighted by molar-refractivity contribution is -0.135. The number of amidine groups is 1. The van der Waals surface area contributed by atoms with Crippen molar-refractivity contribution in [3.05, 3.63) is 73.6 Å². The largest absolute Gasteiger partial charge is 0.497 e. The molecular formula is C22H19N3O4S. The molecule has 0 saturated carbocycles. The van der Waals surface area contributed by atoms with Crippen LogP contribution in [0.25, 0.3) is 17.3 Å². The first-order valence-corrected chi connectivity index (χ1v) is 10.1. The summed E-state index contributed by atoms with van der Waals surface area (Å²) >= 11 is 1.17. The number of methoxy groups -OCH3 is 1. The maximum Gasteiger partial charge on any atom is 0.344 e. The van der Waals surface area contributed by atoms with Gasteiger partial charge in [-0.3, -0.25) is 9.36 Å². The molecule has 7 nitrogen and oxygen atoms in total. The quantitative estimate of drug-likeness (QED) is 0.644. The fourth-order valence-electron chi connectivity index (χ4n) is 3.16. The van der Waals surface area contributed by atoms with Crippen LogP contribution >= 0.6 is 11.3 Å². The number of rotatable bonds is 4. The first kappa shape index (κ1) is 19.7. The summed E-state index contributed by atoms with van der Waals surface area (Å²) in [6.45, 7) is 1.89. The van der Waals surface area contributed by atoms with Gasteiger partial charge in [-0.2, -0.15) is 0 Å². The van der Waals surface area contributed by atoms with Crippen molar-refractivity contribution in [1.29, 1.82) is 0 Å². The van der Waals surface area contributed by atoms with Gasteiger partial charge in [0, 0.05) is 0 Å². The Balaban J connectivity index is 2.05. The van der Waals surface area contributed by atoms with Gasteiger partial charge in [0.05, 0.1) is 29.6 Å². The second-order valence-electron chi connectivity index (χ2n) is 6.41. The number of hydrogen-bond donors (Lipinski definition) is 1. The molecule has 152 valence electrons. The van der Waals surface area contributed by atoms with Crippen molar-refractivity contribution in [2.45, 2.75) is 6.92 Å². The van der Waals surface area contributed by atoms with Gasteiger partial charge in [0.25, 0.3) is 5.56 Å². The molecule has 1 aromatic heterocycles. The third-order valence-corrected chi connectivity index (χ3v) is 5.64. The zero-order valence-corrected chi connectivity index (χ0v) is 17.2. The number of fused-ring (bicyclic) bond motifs is 3. The van der Waals surface area contributed by atoms with Gasteiger partial charge in [-0.15, -0.1) is 11.3 Å². The Labute approximate surface area is 176 Å². The molecule has 0 amide bonds. The lowest BCUT2D eigenvalue weighted by Gasteiger charge is -2.04. The van der Waals surface area contributed by atoms with E-state index >= 15 is 0 Å². The number of carbonyl (C=O) groups excluding carboxylic acids is 1. The van der Waals surface area contributed by atoms with Crippen molar-refractivity contribution < 1.29 is 14.3 Å². The Bertz CT molecular complexity index is 1330. The smallest absolute Gasteiger partial charge is 0.344 e. The van der Waals surface area contributed by atoms with Gasteiger partial charge < -0.3 is 15.2 Å². The number of aliphatic imine (C=N–C) groups is 1. The minimum Gasteiger partial charge on any atom is -0.497 e. The predicted molar refractivity (Wildman–Crippen MR) is 117 cm³/mol. The second kappa shape index (κ2) is 8.00. The number of aromatic nitrogens is 1. The minimum absolute atomic E-state index is 0.0180. The van der Waals surface area contributed by atoms with Crippen LogP contribution in [0.4, 0.5) is 5.69 Å². The van der Waals surface area contributed by atoms with Crippen LogP contribution < -0.4 is 25.2 Å². The Hall–Kier alpha value is -3.65. The highest BCUT2D eigenvalue weighted by Crippen LogP contribution is 2.24. The molecule has 0 fully saturated rings.